The summed E-state index contributed by atoms with van der Waals surface area (Å²) in [5, 5.41) is 8.75. The van der Waals surface area contributed by atoms with Crippen molar-refractivity contribution in [3.63, 3.8) is 0 Å². The molecule has 0 aromatic heterocycles. The summed E-state index contributed by atoms with van der Waals surface area (Å²) in [5.41, 5.74) is 0. The van der Waals surface area contributed by atoms with E-state index in [1.54, 1.807) is 11.8 Å². The number of hydrogen-bond donors (Lipinski definition) is 3. The van der Waals surface area contributed by atoms with Crippen LogP contribution in [0.25, 0.3) is 0 Å². The van der Waals surface area contributed by atoms with E-state index in [-0.39, 0.29) is 11.8 Å². The summed E-state index contributed by atoms with van der Waals surface area (Å²) >= 11 is 1.59. The maximum Gasteiger partial charge on any atom is 0.234 e. The molecule has 0 aromatic carbocycles. The predicted molar refractivity (Wildman–Crippen MR) is 84.8 cm³/mol. The first kappa shape index (κ1) is 19.2. The zero-order valence-electron chi connectivity index (χ0n) is 12.8. The predicted octanol–water partition coefficient (Wildman–Crippen LogP) is -0.139. The monoisotopic (exact) mass is 304 g/mol. The summed E-state index contributed by atoms with van der Waals surface area (Å²) in [6, 6.07) is 0. The smallest absolute Gasteiger partial charge is 0.234 e. The number of carbonyl (C=O) groups is 2. The number of hydrogen-bond acceptors (Lipinski definition) is 5. The van der Waals surface area contributed by atoms with Gasteiger partial charge in [0, 0.05) is 32.6 Å². The van der Waals surface area contributed by atoms with Crippen LogP contribution >= 0.6 is 11.8 Å². The van der Waals surface area contributed by atoms with Gasteiger partial charge in [-0.3, -0.25) is 9.59 Å². The molecule has 0 radical (unpaired) electrons. The molecule has 0 saturated heterocycles. The van der Waals surface area contributed by atoms with Gasteiger partial charge in [0.05, 0.1) is 12.4 Å². The molecule has 0 bridgehead atoms. The largest absolute Gasteiger partial charge is 0.355 e. The van der Waals surface area contributed by atoms with Crippen LogP contribution in [0.1, 0.15) is 19.8 Å². The minimum Gasteiger partial charge on any atom is -0.355 e. The summed E-state index contributed by atoms with van der Waals surface area (Å²) in [6.07, 6.45) is 3.42. The highest BCUT2D eigenvalue weighted by molar-refractivity contribution is 7.98. The van der Waals surface area contributed by atoms with Crippen molar-refractivity contribution in [2.45, 2.75) is 19.8 Å². The van der Waals surface area contributed by atoms with E-state index in [4.69, 9.17) is 0 Å². The van der Waals surface area contributed by atoms with Gasteiger partial charge in [-0.05, 0) is 19.7 Å². The fraction of sp³-hybridized carbons (Fsp3) is 0.846. The lowest BCUT2D eigenvalue weighted by Gasteiger charge is -2.17. The molecule has 2 amide bonds. The molecule has 0 aliphatic carbocycles. The number of rotatable bonds is 12. The van der Waals surface area contributed by atoms with Gasteiger partial charge in [0.15, 0.2) is 0 Å². The Morgan fingerprint density at radius 1 is 1.10 bits per heavy atom. The maximum atomic E-state index is 11.3. The van der Waals surface area contributed by atoms with Gasteiger partial charge in [-0.1, -0.05) is 6.92 Å². The lowest BCUT2D eigenvalue weighted by Crippen LogP contribution is -2.39. The normalized spacial score (nSPS) is 10.6. The van der Waals surface area contributed by atoms with E-state index in [0.29, 0.717) is 25.4 Å². The van der Waals surface area contributed by atoms with Crippen LogP contribution in [0.15, 0.2) is 0 Å². The van der Waals surface area contributed by atoms with Crippen LogP contribution < -0.4 is 16.0 Å². The second kappa shape index (κ2) is 13.2. The first-order valence-electron chi connectivity index (χ1n) is 7.01. The number of nitrogens with zero attached hydrogens (tertiary/aromatic N) is 1. The highest BCUT2D eigenvalue weighted by Crippen LogP contribution is 1.86. The summed E-state index contributed by atoms with van der Waals surface area (Å²) in [7, 11) is 2.00. The van der Waals surface area contributed by atoms with Crippen molar-refractivity contribution in [1.29, 1.82) is 0 Å². The second-order valence-electron chi connectivity index (χ2n) is 4.61. The standard InChI is InChI=1S/C13H28N4O2S/c1-4-5-12(18)15-7-9-17(2)8-6-14-10-13(19)16-11-20-3/h14H,4-11H2,1-3H3,(H,15,18)(H,16,19). The average Bonchev–Trinajstić information content (AvgIpc) is 2.41. The molecule has 0 spiro atoms. The third-order valence-corrected chi connectivity index (χ3v) is 3.10. The molecule has 0 aliphatic rings. The van der Waals surface area contributed by atoms with Crippen LogP contribution in [0.4, 0.5) is 0 Å². The van der Waals surface area contributed by atoms with Crippen LogP contribution in [0.5, 0.6) is 0 Å². The van der Waals surface area contributed by atoms with Gasteiger partial charge >= 0.3 is 0 Å². The highest BCUT2D eigenvalue weighted by Gasteiger charge is 2.02. The molecule has 6 nitrogen and oxygen atoms in total. The van der Waals surface area contributed by atoms with Gasteiger partial charge in [0.1, 0.15) is 0 Å². The van der Waals surface area contributed by atoms with Crippen molar-refractivity contribution in [2.75, 3.05) is 51.9 Å². The molecule has 20 heavy (non-hydrogen) atoms. The lowest BCUT2D eigenvalue weighted by atomic mass is 10.3. The van der Waals surface area contributed by atoms with Crippen LogP contribution in [-0.2, 0) is 9.59 Å². The van der Waals surface area contributed by atoms with Crippen LogP contribution in [0.2, 0.25) is 0 Å². The quantitative estimate of drug-likeness (QED) is 0.346. The molecular formula is C13H28N4O2S. The van der Waals surface area contributed by atoms with E-state index in [2.05, 4.69) is 20.9 Å². The molecule has 0 atom stereocenters. The third-order valence-electron chi connectivity index (χ3n) is 2.66. The third kappa shape index (κ3) is 12.3. The molecule has 0 heterocycles. The number of carbonyl (C=O) groups excluding carboxylic acids is 2. The summed E-state index contributed by atoms with van der Waals surface area (Å²) in [5.74, 6) is 0.788. The molecule has 0 aliphatic heterocycles. The number of amides is 2. The van der Waals surface area contributed by atoms with E-state index in [1.807, 2.05) is 20.2 Å². The Hall–Kier alpha value is -0.790. The molecule has 3 N–H and O–H groups in total. The van der Waals surface area contributed by atoms with Gasteiger partial charge in [-0.15, -0.1) is 11.8 Å². The zero-order chi connectivity index (χ0) is 15.2. The summed E-state index contributed by atoms with van der Waals surface area (Å²) < 4.78 is 0. The first-order valence-corrected chi connectivity index (χ1v) is 8.41. The highest BCUT2D eigenvalue weighted by atomic mass is 32.2. The minimum absolute atomic E-state index is 0.0221. The number of nitrogens with one attached hydrogen (secondary N) is 3. The number of thioether (sulfide) groups is 1. The van der Waals surface area contributed by atoms with Gasteiger partial charge in [-0.2, -0.15) is 0 Å². The van der Waals surface area contributed by atoms with Crippen molar-refractivity contribution in [3.8, 4) is 0 Å². The molecule has 0 rings (SSSR count). The average molecular weight is 304 g/mol. The van der Waals surface area contributed by atoms with E-state index in [9.17, 15) is 9.59 Å². The van der Waals surface area contributed by atoms with Gasteiger partial charge in [0.2, 0.25) is 11.8 Å². The Morgan fingerprint density at radius 2 is 1.80 bits per heavy atom. The van der Waals surface area contributed by atoms with Crippen molar-refractivity contribution < 1.29 is 9.59 Å². The molecule has 0 saturated carbocycles. The number of likely N-dealkylation sites (N-methyl/N-ethyl adjacent to an activating group) is 1. The molecule has 0 unspecified atom stereocenters. The van der Waals surface area contributed by atoms with Crippen molar-refractivity contribution in [3.05, 3.63) is 0 Å². The molecular weight excluding hydrogens is 276 g/mol. The summed E-state index contributed by atoms with van der Waals surface area (Å²) in [4.78, 5) is 24.7. The fourth-order valence-corrected chi connectivity index (χ4v) is 1.81. The lowest BCUT2D eigenvalue weighted by molar-refractivity contribution is -0.121. The topological polar surface area (TPSA) is 73.5 Å². The second-order valence-corrected chi connectivity index (χ2v) is 5.48. The fourth-order valence-electron chi connectivity index (χ4n) is 1.50. The van der Waals surface area contributed by atoms with E-state index in [0.717, 1.165) is 26.1 Å². The SMILES string of the molecule is CCCC(=O)NCCN(C)CCNCC(=O)NCSC. The Kier molecular flexibility index (Phi) is 12.7. The summed E-state index contributed by atoms with van der Waals surface area (Å²) in [6.45, 7) is 5.43. The van der Waals surface area contributed by atoms with E-state index in [1.165, 1.54) is 0 Å². The van der Waals surface area contributed by atoms with Crippen LogP contribution in [-0.4, -0.2) is 68.6 Å². The molecule has 0 aromatic rings. The van der Waals surface area contributed by atoms with Gasteiger partial charge in [0.25, 0.3) is 0 Å². The van der Waals surface area contributed by atoms with E-state index >= 15 is 0 Å². The Labute approximate surface area is 126 Å². The maximum absolute atomic E-state index is 11.3. The molecule has 7 heteroatoms. The van der Waals surface area contributed by atoms with Crippen LogP contribution in [0, 0.1) is 0 Å². The molecule has 118 valence electrons. The van der Waals surface area contributed by atoms with Crippen molar-refractivity contribution >= 4 is 23.6 Å². The van der Waals surface area contributed by atoms with Gasteiger partial charge in [-0.25, -0.2) is 0 Å². The minimum atomic E-state index is 0.0221. The van der Waals surface area contributed by atoms with Gasteiger partial charge < -0.3 is 20.9 Å². The zero-order valence-corrected chi connectivity index (χ0v) is 13.6. The Morgan fingerprint density at radius 3 is 2.45 bits per heavy atom. The Balaban J connectivity index is 3.42. The molecule has 0 fully saturated rings. The van der Waals surface area contributed by atoms with Crippen LogP contribution in [0.3, 0.4) is 0 Å². The van der Waals surface area contributed by atoms with Crippen molar-refractivity contribution in [1.82, 2.24) is 20.9 Å². The Bertz CT molecular complexity index is 277. The van der Waals surface area contributed by atoms with E-state index < -0.39 is 0 Å². The van der Waals surface area contributed by atoms with Crippen molar-refractivity contribution in [2.24, 2.45) is 0 Å². The first-order chi connectivity index (χ1) is 9.60.